The summed E-state index contributed by atoms with van der Waals surface area (Å²) < 4.78 is 5.04. The van der Waals surface area contributed by atoms with Crippen LogP contribution in [0.5, 0.6) is 0 Å². The van der Waals surface area contributed by atoms with E-state index in [1.807, 2.05) is 54.6 Å². The molecule has 1 aliphatic rings. The van der Waals surface area contributed by atoms with Crippen LogP contribution in [0.4, 0.5) is 5.95 Å². The third-order valence-electron chi connectivity index (χ3n) is 5.74. The molecule has 5 rings (SSSR count). The smallest absolute Gasteiger partial charge is 0.257 e. The van der Waals surface area contributed by atoms with Gasteiger partial charge in [-0.05, 0) is 30.3 Å². The maximum absolute atomic E-state index is 13.3. The highest BCUT2D eigenvalue weighted by Gasteiger charge is 2.49. The SMILES string of the molecule is C=C(Nc1nc2ccc(C3(O)c4ccccc4C(=O)N3Cc3ccccc3)cc2[nH]1)OC. The number of aliphatic hydroxyl groups is 1. The van der Waals surface area contributed by atoms with E-state index < -0.39 is 5.72 Å². The first-order chi connectivity index (χ1) is 15.5. The van der Waals surface area contributed by atoms with Crippen molar-refractivity contribution >= 4 is 22.9 Å². The standard InChI is InChI=1S/C25H22N4O3/c1-16(32-2)26-24-27-21-13-12-18(14-22(21)28-24)25(31)20-11-7-6-10-19(20)23(30)29(25)15-17-8-4-3-5-9-17/h3-14,31H,1,15H2,2H3,(H2,26,27,28). The van der Waals surface area contributed by atoms with Crippen molar-refractivity contribution in [3.63, 3.8) is 0 Å². The summed E-state index contributed by atoms with van der Waals surface area (Å²) in [6.45, 7) is 4.01. The summed E-state index contributed by atoms with van der Waals surface area (Å²) in [6, 6.07) is 22.2. The summed E-state index contributed by atoms with van der Waals surface area (Å²) in [6.07, 6.45) is 0. The molecule has 4 aromatic rings. The number of hydrogen-bond donors (Lipinski definition) is 3. The van der Waals surface area contributed by atoms with Gasteiger partial charge in [-0.15, -0.1) is 0 Å². The number of hydrogen-bond acceptors (Lipinski definition) is 5. The number of carbonyl (C=O) groups is 1. The summed E-state index contributed by atoms with van der Waals surface area (Å²) in [5.41, 5.74) is 2.35. The Bertz CT molecular complexity index is 1330. The average molecular weight is 426 g/mol. The number of amides is 1. The highest BCUT2D eigenvalue weighted by molar-refractivity contribution is 6.00. The van der Waals surface area contributed by atoms with Crippen LogP contribution in [0.15, 0.2) is 85.3 Å². The molecule has 1 aliphatic heterocycles. The number of fused-ring (bicyclic) bond motifs is 2. The Morgan fingerprint density at radius 3 is 2.69 bits per heavy atom. The van der Waals surface area contributed by atoms with E-state index in [0.717, 1.165) is 5.56 Å². The fraction of sp³-hybridized carbons (Fsp3) is 0.120. The zero-order chi connectivity index (χ0) is 22.3. The molecule has 32 heavy (non-hydrogen) atoms. The molecule has 3 aromatic carbocycles. The number of rotatable bonds is 6. The lowest BCUT2D eigenvalue weighted by molar-refractivity contribution is -0.0542. The van der Waals surface area contributed by atoms with E-state index in [9.17, 15) is 9.90 Å². The Kier molecular flexibility index (Phi) is 4.68. The van der Waals surface area contributed by atoms with E-state index >= 15 is 0 Å². The van der Waals surface area contributed by atoms with E-state index in [4.69, 9.17) is 4.74 Å². The number of nitrogens with one attached hydrogen (secondary N) is 2. The second-order valence-corrected chi connectivity index (χ2v) is 7.66. The van der Waals surface area contributed by atoms with Gasteiger partial charge < -0.3 is 14.8 Å². The number of benzene rings is 3. The number of carbonyl (C=O) groups excluding carboxylic acids is 1. The molecule has 7 nitrogen and oxygen atoms in total. The summed E-state index contributed by atoms with van der Waals surface area (Å²) in [5, 5.41) is 15.0. The van der Waals surface area contributed by atoms with E-state index in [-0.39, 0.29) is 12.5 Å². The molecular formula is C25H22N4O3. The second kappa shape index (κ2) is 7.55. The Labute approximate surface area is 185 Å². The van der Waals surface area contributed by atoms with Gasteiger partial charge in [0.05, 0.1) is 18.1 Å². The van der Waals surface area contributed by atoms with Gasteiger partial charge >= 0.3 is 0 Å². The fourth-order valence-electron chi connectivity index (χ4n) is 4.14. The van der Waals surface area contributed by atoms with Crippen molar-refractivity contribution in [3.8, 4) is 0 Å². The topological polar surface area (TPSA) is 90.5 Å². The molecule has 1 aromatic heterocycles. The van der Waals surface area contributed by atoms with Crippen molar-refractivity contribution in [3.05, 3.63) is 108 Å². The first-order valence-electron chi connectivity index (χ1n) is 10.2. The first-order valence-corrected chi connectivity index (χ1v) is 10.2. The van der Waals surface area contributed by atoms with Crippen LogP contribution in [0, 0.1) is 0 Å². The van der Waals surface area contributed by atoms with Crippen LogP contribution in [-0.4, -0.2) is 33.0 Å². The van der Waals surface area contributed by atoms with Gasteiger partial charge in [0.15, 0.2) is 11.6 Å². The van der Waals surface area contributed by atoms with E-state index in [1.54, 1.807) is 18.2 Å². The fourth-order valence-corrected chi connectivity index (χ4v) is 4.14. The van der Waals surface area contributed by atoms with Crippen LogP contribution in [0.1, 0.15) is 27.0 Å². The monoisotopic (exact) mass is 426 g/mol. The summed E-state index contributed by atoms with van der Waals surface area (Å²) >= 11 is 0. The first kappa shape index (κ1) is 19.8. The lowest BCUT2D eigenvalue weighted by Gasteiger charge is -2.35. The van der Waals surface area contributed by atoms with Crippen LogP contribution < -0.4 is 5.32 Å². The zero-order valence-electron chi connectivity index (χ0n) is 17.5. The summed E-state index contributed by atoms with van der Waals surface area (Å²) in [7, 11) is 1.52. The van der Waals surface area contributed by atoms with Crippen LogP contribution in [0.25, 0.3) is 11.0 Å². The lowest BCUT2D eigenvalue weighted by Crippen LogP contribution is -2.44. The minimum Gasteiger partial charge on any atom is -0.483 e. The lowest BCUT2D eigenvalue weighted by atomic mass is 9.93. The van der Waals surface area contributed by atoms with Crippen molar-refractivity contribution in [2.75, 3.05) is 12.4 Å². The molecule has 0 fully saturated rings. The van der Waals surface area contributed by atoms with Gasteiger partial charge in [0.2, 0.25) is 5.95 Å². The maximum atomic E-state index is 13.3. The molecule has 0 saturated carbocycles. The molecule has 160 valence electrons. The number of nitrogens with zero attached hydrogens (tertiary/aromatic N) is 2. The van der Waals surface area contributed by atoms with Gasteiger partial charge in [0.1, 0.15) is 0 Å². The highest BCUT2D eigenvalue weighted by Crippen LogP contribution is 2.43. The Balaban J connectivity index is 1.61. The number of methoxy groups -OCH3 is 1. The van der Waals surface area contributed by atoms with E-state index in [2.05, 4.69) is 21.9 Å². The van der Waals surface area contributed by atoms with Crippen molar-refractivity contribution in [1.82, 2.24) is 14.9 Å². The number of H-pyrrole nitrogens is 1. The second-order valence-electron chi connectivity index (χ2n) is 7.66. The molecular weight excluding hydrogens is 404 g/mol. The molecule has 0 spiro atoms. The molecule has 0 aliphatic carbocycles. The van der Waals surface area contributed by atoms with Gasteiger partial charge in [0, 0.05) is 23.2 Å². The van der Waals surface area contributed by atoms with Gasteiger partial charge in [-0.25, -0.2) is 4.98 Å². The van der Waals surface area contributed by atoms with Crippen LogP contribution in [0.2, 0.25) is 0 Å². The third kappa shape index (κ3) is 3.11. The van der Waals surface area contributed by atoms with Crippen molar-refractivity contribution in [1.29, 1.82) is 0 Å². The van der Waals surface area contributed by atoms with Crippen LogP contribution in [0.3, 0.4) is 0 Å². The zero-order valence-corrected chi connectivity index (χ0v) is 17.5. The van der Waals surface area contributed by atoms with E-state index in [0.29, 0.717) is 39.6 Å². The van der Waals surface area contributed by atoms with Crippen LogP contribution in [-0.2, 0) is 17.0 Å². The molecule has 0 bridgehead atoms. The molecule has 1 amide bonds. The number of ether oxygens (including phenoxy) is 1. The molecule has 1 unspecified atom stereocenters. The minimum absolute atomic E-state index is 0.213. The Morgan fingerprint density at radius 2 is 1.91 bits per heavy atom. The molecule has 1 atom stereocenters. The normalized spacial score (nSPS) is 17.4. The van der Waals surface area contributed by atoms with E-state index in [1.165, 1.54) is 12.0 Å². The minimum atomic E-state index is -1.62. The predicted octanol–water partition coefficient (Wildman–Crippen LogP) is 3.94. The maximum Gasteiger partial charge on any atom is 0.257 e. The number of aromatic nitrogens is 2. The predicted molar refractivity (Wildman–Crippen MR) is 122 cm³/mol. The molecule has 3 N–H and O–H groups in total. The van der Waals surface area contributed by atoms with Gasteiger partial charge in [-0.3, -0.25) is 15.0 Å². The summed E-state index contributed by atoms with van der Waals surface area (Å²) in [5.74, 6) is 0.614. The van der Waals surface area contributed by atoms with Gasteiger partial charge in [-0.1, -0.05) is 54.6 Å². The van der Waals surface area contributed by atoms with Gasteiger partial charge in [-0.2, -0.15) is 0 Å². The average Bonchev–Trinajstić information content (AvgIpc) is 3.32. The molecule has 2 heterocycles. The van der Waals surface area contributed by atoms with Crippen molar-refractivity contribution in [2.45, 2.75) is 12.3 Å². The number of aromatic amines is 1. The Morgan fingerprint density at radius 1 is 1.16 bits per heavy atom. The number of anilines is 1. The van der Waals surface area contributed by atoms with Crippen molar-refractivity contribution in [2.24, 2.45) is 0 Å². The summed E-state index contributed by atoms with van der Waals surface area (Å²) in [4.78, 5) is 22.5. The van der Waals surface area contributed by atoms with Gasteiger partial charge in [0.25, 0.3) is 5.91 Å². The Hall–Kier alpha value is -4.10. The highest BCUT2D eigenvalue weighted by atomic mass is 16.5. The third-order valence-corrected chi connectivity index (χ3v) is 5.74. The molecule has 7 heteroatoms. The van der Waals surface area contributed by atoms with Crippen molar-refractivity contribution < 1.29 is 14.6 Å². The number of imidazole rings is 1. The molecule has 0 saturated heterocycles. The quantitative estimate of drug-likeness (QED) is 0.406. The molecule has 0 radical (unpaired) electrons. The van der Waals surface area contributed by atoms with Crippen LogP contribution >= 0.6 is 0 Å². The largest absolute Gasteiger partial charge is 0.483 e.